The van der Waals surface area contributed by atoms with Gasteiger partial charge in [0.2, 0.25) is 5.91 Å². The second kappa shape index (κ2) is 4.75. The summed E-state index contributed by atoms with van der Waals surface area (Å²) in [6, 6.07) is 1.97. The smallest absolute Gasteiger partial charge is 0.220 e. The number of aromatic amines is 1. The van der Waals surface area contributed by atoms with E-state index < -0.39 is 0 Å². The number of aryl methyl sites for hydroxylation is 1. The molecule has 2 bridgehead atoms. The second-order valence-electron chi connectivity index (χ2n) is 5.96. The fourth-order valence-corrected chi connectivity index (χ4v) is 3.69. The quantitative estimate of drug-likeness (QED) is 0.856. The van der Waals surface area contributed by atoms with E-state index in [9.17, 15) is 4.79 Å². The van der Waals surface area contributed by atoms with Gasteiger partial charge in [-0.05, 0) is 50.0 Å². The molecule has 1 aromatic heterocycles. The molecule has 3 atom stereocenters. The van der Waals surface area contributed by atoms with Gasteiger partial charge in [0.05, 0.1) is 12.2 Å². The summed E-state index contributed by atoms with van der Waals surface area (Å²) in [5.41, 5.74) is 1.95. The van der Waals surface area contributed by atoms with Gasteiger partial charge in [-0.2, -0.15) is 5.10 Å². The van der Waals surface area contributed by atoms with Gasteiger partial charge in [0.15, 0.2) is 0 Å². The van der Waals surface area contributed by atoms with Crippen LogP contribution in [0.4, 0.5) is 0 Å². The lowest BCUT2D eigenvalue weighted by molar-refractivity contribution is -0.122. The van der Waals surface area contributed by atoms with Crippen LogP contribution >= 0.6 is 0 Å². The Bertz CT molecular complexity index is 440. The Morgan fingerprint density at radius 3 is 3.00 bits per heavy atom. The third kappa shape index (κ3) is 2.42. The van der Waals surface area contributed by atoms with Crippen molar-refractivity contribution in [1.29, 1.82) is 0 Å². The Morgan fingerprint density at radius 1 is 1.50 bits per heavy atom. The number of aromatic nitrogens is 2. The number of nitrogens with zero attached hydrogens (tertiary/aromatic N) is 1. The van der Waals surface area contributed by atoms with Crippen LogP contribution in [0.1, 0.15) is 43.5 Å². The van der Waals surface area contributed by atoms with Gasteiger partial charge >= 0.3 is 0 Å². The van der Waals surface area contributed by atoms with Gasteiger partial charge in [-0.25, -0.2) is 0 Å². The molecule has 1 heterocycles. The van der Waals surface area contributed by atoms with Crippen molar-refractivity contribution in [2.45, 2.75) is 45.6 Å². The zero-order valence-electron chi connectivity index (χ0n) is 10.9. The highest BCUT2D eigenvalue weighted by Crippen LogP contribution is 2.49. The van der Waals surface area contributed by atoms with Gasteiger partial charge < -0.3 is 5.32 Å². The summed E-state index contributed by atoms with van der Waals surface area (Å²) < 4.78 is 0. The minimum atomic E-state index is 0.188. The molecule has 3 rings (SSSR count). The maximum Gasteiger partial charge on any atom is 0.220 e. The number of carbonyl (C=O) groups is 1. The molecule has 2 saturated carbocycles. The number of rotatable bonds is 4. The Balaban J connectivity index is 1.45. The molecule has 0 spiro atoms. The van der Waals surface area contributed by atoms with Crippen LogP contribution in [-0.2, 0) is 11.3 Å². The van der Waals surface area contributed by atoms with E-state index in [1.807, 2.05) is 13.0 Å². The average Bonchev–Trinajstić information content (AvgIpc) is 3.03. The molecule has 4 heteroatoms. The maximum absolute atomic E-state index is 11.9. The van der Waals surface area contributed by atoms with Crippen LogP contribution < -0.4 is 5.32 Å². The van der Waals surface area contributed by atoms with Gasteiger partial charge in [0.25, 0.3) is 0 Å². The molecular formula is C14H21N3O. The molecule has 0 aromatic carbocycles. The largest absolute Gasteiger partial charge is 0.350 e. The van der Waals surface area contributed by atoms with Gasteiger partial charge in [-0.15, -0.1) is 0 Å². The minimum Gasteiger partial charge on any atom is -0.350 e. The lowest BCUT2D eigenvalue weighted by Gasteiger charge is -2.20. The van der Waals surface area contributed by atoms with Crippen molar-refractivity contribution in [2.75, 3.05) is 0 Å². The second-order valence-corrected chi connectivity index (χ2v) is 5.96. The Hall–Kier alpha value is -1.32. The number of fused-ring (bicyclic) bond motifs is 2. The zero-order valence-corrected chi connectivity index (χ0v) is 10.9. The molecule has 1 amide bonds. The summed E-state index contributed by atoms with van der Waals surface area (Å²) in [6.07, 6.45) is 6.11. The van der Waals surface area contributed by atoms with Gasteiger partial charge in [0.1, 0.15) is 0 Å². The van der Waals surface area contributed by atoms with E-state index in [4.69, 9.17) is 0 Å². The van der Waals surface area contributed by atoms with Crippen molar-refractivity contribution in [2.24, 2.45) is 17.8 Å². The first-order valence-corrected chi connectivity index (χ1v) is 6.98. The van der Waals surface area contributed by atoms with Crippen LogP contribution in [0.15, 0.2) is 6.07 Å². The fraction of sp³-hybridized carbons (Fsp3) is 0.714. The van der Waals surface area contributed by atoms with E-state index in [1.54, 1.807) is 0 Å². The highest BCUT2D eigenvalue weighted by molar-refractivity contribution is 5.76. The lowest BCUT2D eigenvalue weighted by atomic mass is 9.86. The highest BCUT2D eigenvalue weighted by atomic mass is 16.1. The molecule has 2 aliphatic rings. The molecule has 4 nitrogen and oxygen atoms in total. The summed E-state index contributed by atoms with van der Waals surface area (Å²) in [4.78, 5) is 11.9. The first-order valence-electron chi connectivity index (χ1n) is 6.98. The van der Waals surface area contributed by atoms with Crippen molar-refractivity contribution in [3.05, 3.63) is 17.5 Å². The van der Waals surface area contributed by atoms with Crippen LogP contribution in [0.25, 0.3) is 0 Å². The third-order valence-electron chi connectivity index (χ3n) is 4.56. The van der Waals surface area contributed by atoms with Crippen LogP contribution in [0.5, 0.6) is 0 Å². The van der Waals surface area contributed by atoms with Crippen molar-refractivity contribution < 1.29 is 4.79 Å². The monoisotopic (exact) mass is 247 g/mol. The first-order chi connectivity index (χ1) is 8.70. The maximum atomic E-state index is 11.9. The number of H-pyrrole nitrogens is 1. The third-order valence-corrected chi connectivity index (χ3v) is 4.56. The minimum absolute atomic E-state index is 0.188. The summed E-state index contributed by atoms with van der Waals surface area (Å²) in [5.74, 6) is 2.58. The number of hydrogen-bond acceptors (Lipinski definition) is 2. The van der Waals surface area contributed by atoms with E-state index in [0.717, 1.165) is 23.2 Å². The van der Waals surface area contributed by atoms with Gasteiger partial charge in [0, 0.05) is 12.1 Å². The average molecular weight is 247 g/mol. The van der Waals surface area contributed by atoms with Crippen molar-refractivity contribution >= 4 is 5.91 Å². The number of carbonyl (C=O) groups excluding carboxylic acids is 1. The molecule has 2 fully saturated rings. The molecule has 2 N–H and O–H groups in total. The van der Waals surface area contributed by atoms with Crippen molar-refractivity contribution in [3.63, 3.8) is 0 Å². The zero-order chi connectivity index (χ0) is 12.5. The predicted molar refractivity (Wildman–Crippen MR) is 68.7 cm³/mol. The van der Waals surface area contributed by atoms with E-state index in [0.29, 0.717) is 18.9 Å². The molecule has 98 valence electrons. The lowest BCUT2D eigenvalue weighted by Crippen LogP contribution is -2.27. The Kier molecular flexibility index (Phi) is 3.10. The van der Waals surface area contributed by atoms with Crippen molar-refractivity contribution in [3.8, 4) is 0 Å². The fourth-order valence-electron chi connectivity index (χ4n) is 3.69. The molecule has 0 saturated heterocycles. The summed E-state index contributed by atoms with van der Waals surface area (Å²) in [5, 5.41) is 9.98. The highest BCUT2D eigenvalue weighted by Gasteiger charge is 2.39. The molecule has 0 aliphatic heterocycles. The molecule has 0 radical (unpaired) electrons. The molecular weight excluding hydrogens is 226 g/mol. The summed E-state index contributed by atoms with van der Waals surface area (Å²) in [7, 11) is 0. The molecule has 2 aliphatic carbocycles. The van der Waals surface area contributed by atoms with Crippen molar-refractivity contribution in [1.82, 2.24) is 15.5 Å². The Morgan fingerprint density at radius 2 is 2.39 bits per heavy atom. The molecule has 0 unspecified atom stereocenters. The topological polar surface area (TPSA) is 57.8 Å². The Labute approximate surface area is 108 Å². The van der Waals surface area contributed by atoms with E-state index in [-0.39, 0.29) is 5.91 Å². The summed E-state index contributed by atoms with van der Waals surface area (Å²) >= 11 is 0. The van der Waals surface area contributed by atoms with E-state index >= 15 is 0 Å². The van der Waals surface area contributed by atoms with Crippen LogP contribution in [0.2, 0.25) is 0 Å². The first kappa shape index (κ1) is 11.8. The number of amides is 1. The van der Waals surface area contributed by atoms with E-state index in [2.05, 4.69) is 15.5 Å². The van der Waals surface area contributed by atoms with Crippen LogP contribution in [0.3, 0.4) is 0 Å². The normalized spacial score (nSPS) is 29.7. The number of hydrogen-bond donors (Lipinski definition) is 2. The van der Waals surface area contributed by atoms with Crippen LogP contribution in [0, 0.1) is 24.7 Å². The van der Waals surface area contributed by atoms with Gasteiger partial charge in [-0.1, -0.05) is 6.42 Å². The van der Waals surface area contributed by atoms with E-state index in [1.165, 1.54) is 25.7 Å². The SMILES string of the molecule is Cc1cc(CNC(=O)C[C@H]2C[C@H]3CC[C@H]2C3)n[nH]1. The summed E-state index contributed by atoms with van der Waals surface area (Å²) in [6.45, 7) is 2.51. The predicted octanol–water partition coefficient (Wildman–Crippen LogP) is 2.16. The molecule has 1 aromatic rings. The standard InChI is InChI=1S/C14H21N3O/c1-9-4-13(17-16-9)8-15-14(18)7-12-6-10-2-3-11(12)5-10/h4,10-12H,2-3,5-8H2,1H3,(H,15,18)(H,16,17)/t10-,11-,12+/m0/s1. The number of nitrogens with one attached hydrogen (secondary N) is 2. The molecule has 18 heavy (non-hydrogen) atoms. The van der Waals surface area contributed by atoms with Gasteiger partial charge in [-0.3, -0.25) is 9.89 Å². The van der Waals surface area contributed by atoms with Crippen LogP contribution in [-0.4, -0.2) is 16.1 Å².